The zero-order chi connectivity index (χ0) is 30.7. The highest BCUT2D eigenvalue weighted by Gasteiger charge is 2.30. The van der Waals surface area contributed by atoms with Gasteiger partial charge in [0.05, 0.1) is 19.1 Å². The number of hydrogen-bond donors (Lipinski definition) is 1. The summed E-state index contributed by atoms with van der Waals surface area (Å²) in [5.41, 5.74) is 3.47. The van der Waals surface area contributed by atoms with Crippen molar-refractivity contribution in [2.75, 3.05) is 30.8 Å². The topological polar surface area (TPSA) is 96.0 Å². The molecule has 0 aliphatic heterocycles. The first-order chi connectivity index (χ1) is 20.0. The molecule has 3 aromatic rings. The molecule has 0 saturated heterocycles. The van der Waals surface area contributed by atoms with Gasteiger partial charge in [-0.05, 0) is 54.7 Å². The lowest BCUT2D eigenvalue weighted by Gasteiger charge is -2.32. The Morgan fingerprint density at radius 1 is 0.905 bits per heavy atom. The Kier molecular flexibility index (Phi) is 12.0. The number of anilines is 1. The minimum atomic E-state index is -3.59. The molecule has 3 aromatic carbocycles. The van der Waals surface area contributed by atoms with Crippen LogP contribution in [0.2, 0.25) is 0 Å². The Morgan fingerprint density at radius 2 is 1.55 bits per heavy atom. The Balaban J connectivity index is 1.86. The summed E-state index contributed by atoms with van der Waals surface area (Å²) in [6.45, 7) is 6.94. The maximum atomic E-state index is 13.9. The van der Waals surface area contributed by atoms with Crippen molar-refractivity contribution in [2.24, 2.45) is 5.92 Å². The van der Waals surface area contributed by atoms with E-state index in [1.807, 2.05) is 75.4 Å². The first-order valence-electron chi connectivity index (χ1n) is 14.3. The van der Waals surface area contributed by atoms with Crippen molar-refractivity contribution in [1.82, 2.24) is 10.2 Å². The van der Waals surface area contributed by atoms with Gasteiger partial charge in [-0.2, -0.15) is 0 Å². The molecule has 42 heavy (non-hydrogen) atoms. The molecule has 1 atom stereocenters. The molecular formula is C33H43N3O5S. The summed E-state index contributed by atoms with van der Waals surface area (Å²) in [6.07, 6.45) is 1.88. The maximum absolute atomic E-state index is 13.9. The monoisotopic (exact) mass is 593 g/mol. The third-order valence-electron chi connectivity index (χ3n) is 6.94. The molecule has 0 radical (unpaired) electrons. The largest absolute Gasteiger partial charge is 0.497 e. The summed E-state index contributed by atoms with van der Waals surface area (Å²) in [5.74, 6) is 0.463. The fourth-order valence-electron chi connectivity index (χ4n) is 4.62. The minimum Gasteiger partial charge on any atom is -0.497 e. The first kappa shape index (κ1) is 32.7. The predicted molar refractivity (Wildman–Crippen MR) is 168 cm³/mol. The van der Waals surface area contributed by atoms with Crippen molar-refractivity contribution in [3.63, 3.8) is 0 Å². The number of rotatable bonds is 15. The number of nitrogens with zero attached hydrogens (tertiary/aromatic N) is 2. The van der Waals surface area contributed by atoms with Gasteiger partial charge in [-0.1, -0.05) is 74.0 Å². The molecule has 9 heteroatoms. The molecule has 2 amide bonds. The number of hydrogen-bond acceptors (Lipinski definition) is 5. The maximum Gasteiger partial charge on any atom is 0.243 e. The highest BCUT2D eigenvalue weighted by atomic mass is 32.2. The van der Waals surface area contributed by atoms with Crippen molar-refractivity contribution in [2.45, 2.75) is 52.6 Å². The lowest BCUT2D eigenvalue weighted by molar-refractivity contribution is -0.141. The Hall–Kier alpha value is -3.85. The lowest BCUT2D eigenvalue weighted by Crippen LogP contribution is -2.51. The molecule has 0 heterocycles. The molecule has 226 valence electrons. The summed E-state index contributed by atoms with van der Waals surface area (Å²) in [7, 11) is -2.04. The van der Waals surface area contributed by atoms with E-state index >= 15 is 0 Å². The molecule has 0 unspecified atom stereocenters. The van der Waals surface area contributed by atoms with E-state index in [9.17, 15) is 18.0 Å². The van der Waals surface area contributed by atoms with E-state index in [0.717, 1.165) is 22.9 Å². The fourth-order valence-corrected chi connectivity index (χ4v) is 5.58. The number of nitrogens with one attached hydrogen (secondary N) is 1. The van der Waals surface area contributed by atoms with Crippen LogP contribution in [0.1, 0.15) is 43.4 Å². The van der Waals surface area contributed by atoms with Gasteiger partial charge in [-0.15, -0.1) is 0 Å². The van der Waals surface area contributed by atoms with Gasteiger partial charge >= 0.3 is 0 Å². The fraction of sp³-hybridized carbons (Fsp3) is 0.394. The van der Waals surface area contributed by atoms with Crippen LogP contribution in [-0.2, 0) is 32.6 Å². The summed E-state index contributed by atoms with van der Waals surface area (Å²) in [4.78, 5) is 29.1. The minimum absolute atomic E-state index is 0.0801. The summed E-state index contributed by atoms with van der Waals surface area (Å²) < 4.78 is 31.8. The summed E-state index contributed by atoms with van der Waals surface area (Å²) in [6, 6.07) is 23.6. The first-order valence-corrected chi connectivity index (χ1v) is 16.1. The van der Waals surface area contributed by atoms with Gasteiger partial charge in [0.2, 0.25) is 21.8 Å². The average Bonchev–Trinajstić information content (AvgIpc) is 2.96. The predicted octanol–water partition coefficient (Wildman–Crippen LogP) is 4.96. The van der Waals surface area contributed by atoms with Crippen molar-refractivity contribution in [3.8, 4) is 5.75 Å². The van der Waals surface area contributed by atoms with E-state index in [0.29, 0.717) is 24.4 Å². The van der Waals surface area contributed by atoms with E-state index in [1.54, 1.807) is 36.3 Å². The van der Waals surface area contributed by atoms with E-state index in [2.05, 4.69) is 5.32 Å². The quantitative estimate of drug-likeness (QED) is 0.269. The van der Waals surface area contributed by atoms with E-state index in [-0.39, 0.29) is 43.7 Å². The van der Waals surface area contributed by atoms with Crippen LogP contribution in [0.3, 0.4) is 0 Å². The van der Waals surface area contributed by atoms with Crippen LogP contribution in [0.25, 0.3) is 0 Å². The molecule has 0 saturated carbocycles. The van der Waals surface area contributed by atoms with Gasteiger partial charge < -0.3 is 15.0 Å². The van der Waals surface area contributed by atoms with Crippen molar-refractivity contribution in [1.29, 1.82) is 0 Å². The Morgan fingerprint density at radius 3 is 2.12 bits per heavy atom. The number of carbonyl (C=O) groups is 2. The third-order valence-corrected chi connectivity index (χ3v) is 8.14. The molecule has 0 aromatic heterocycles. The number of carbonyl (C=O) groups excluding carboxylic acids is 2. The lowest BCUT2D eigenvalue weighted by atomic mass is 10.0. The van der Waals surface area contributed by atoms with Crippen LogP contribution in [0.15, 0.2) is 78.9 Å². The zero-order valence-corrected chi connectivity index (χ0v) is 26.1. The molecular weight excluding hydrogens is 550 g/mol. The average molecular weight is 594 g/mol. The number of benzene rings is 3. The van der Waals surface area contributed by atoms with Crippen LogP contribution in [0.4, 0.5) is 5.69 Å². The highest BCUT2D eigenvalue weighted by molar-refractivity contribution is 7.92. The molecule has 0 aliphatic rings. The van der Waals surface area contributed by atoms with Crippen LogP contribution < -0.4 is 14.4 Å². The van der Waals surface area contributed by atoms with Gasteiger partial charge in [0.15, 0.2) is 0 Å². The molecule has 8 nitrogen and oxygen atoms in total. The van der Waals surface area contributed by atoms with Crippen molar-refractivity contribution >= 4 is 27.5 Å². The molecule has 0 bridgehead atoms. The van der Waals surface area contributed by atoms with Gasteiger partial charge in [-0.3, -0.25) is 13.9 Å². The smallest absolute Gasteiger partial charge is 0.243 e. The standard InChI is InChI=1S/C33H43N3O5S/c1-25(2)23-34-33(38)31(22-27-10-7-6-8-11-27)35(24-28-15-13-26(3)14-16-28)32(37)12-9-21-36(42(5,39)40)29-17-19-30(41-4)20-18-29/h6-8,10-11,13-20,25,31H,9,12,21-24H2,1-5H3,(H,34,38)/t31-/m0/s1. The van der Waals surface area contributed by atoms with E-state index in [4.69, 9.17) is 4.74 Å². The van der Waals surface area contributed by atoms with Crippen LogP contribution >= 0.6 is 0 Å². The Bertz CT molecular complexity index is 1390. The van der Waals surface area contributed by atoms with Gasteiger partial charge in [0, 0.05) is 32.5 Å². The second-order valence-corrected chi connectivity index (χ2v) is 12.9. The number of aryl methyl sites for hydroxylation is 1. The van der Waals surface area contributed by atoms with Gasteiger partial charge in [0.25, 0.3) is 0 Å². The summed E-state index contributed by atoms with van der Waals surface area (Å²) >= 11 is 0. The Labute approximate surface area is 250 Å². The molecule has 0 fully saturated rings. The van der Waals surface area contributed by atoms with Gasteiger partial charge in [0.1, 0.15) is 11.8 Å². The molecule has 0 spiro atoms. The SMILES string of the molecule is COc1ccc(N(CCCC(=O)N(Cc2ccc(C)cc2)[C@@H](Cc2ccccc2)C(=O)NCC(C)C)S(C)(=O)=O)cc1. The van der Waals surface area contributed by atoms with Crippen molar-refractivity contribution < 1.29 is 22.7 Å². The van der Waals surface area contributed by atoms with Gasteiger partial charge in [-0.25, -0.2) is 8.42 Å². The van der Waals surface area contributed by atoms with E-state index < -0.39 is 16.1 Å². The van der Waals surface area contributed by atoms with Crippen LogP contribution in [0, 0.1) is 12.8 Å². The third kappa shape index (κ3) is 9.91. The number of ether oxygens (including phenoxy) is 1. The number of amides is 2. The second kappa shape index (κ2) is 15.4. The van der Waals surface area contributed by atoms with E-state index in [1.165, 1.54) is 4.31 Å². The van der Waals surface area contributed by atoms with Crippen molar-refractivity contribution in [3.05, 3.63) is 95.6 Å². The molecule has 3 rings (SSSR count). The van der Waals surface area contributed by atoms with Crippen LogP contribution in [-0.4, -0.2) is 57.6 Å². The molecule has 0 aliphatic carbocycles. The number of sulfonamides is 1. The summed E-state index contributed by atoms with van der Waals surface area (Å²) in [5, 5.41) is 3.03. The molecule has 1 N–H and O–H groups in total. The van der Waals surface area contributed by atoms with Crippen LogP contribution in [0.5, 0.6) is 5.75 Å². The highest BCUT2D eigenvalue weighted by Crippen LogP contribution is 2.23. The normalized spacial score (nSPS) is 12.0. The second-order valence-electron chi connectivity index (χ2n) is 11.0. The zero-order valence-electron chi connectivity index (χ0n) is 25.2. The number of methoxy groups -OCH3 is 1.